The van der Waals surface area contributed by atoms with E-state index < -0.39 is 0 Å². The fourth-order valence-corrected chi connectivity index (χ4v) is 2.05. The van der Waals surface area contributed by atoms with Crippen LogP contribution in [-0.2, 0) is 4.74 Å². The van der Waals surface area contributed by atoms with Gasteiger partial charge in [-0.1, -0.05) is 13.8 Å². The molecular weight excluding hydrogens is 188 g/mol. The molecule has 0 aromatic carbocycles. The minimum Gasteiger partial charge on any atom is -0.378 e. The van der Waals surface area contributed by atoms with Gasteiger partial charge in [-0.3, -0.25) is 5.32 Å². The minimum absolute atomic E-state index is 0.245. The highest BCUT2D eigenvalue weighted by molar-refractivity contribution is 5.10. The molecule has 0 amide bonds. The molecule has 0 aromatic heterocycles. The summed E-state index contributed by atoms with van der Waals surface area (Å²) in [6.07, 6.45) is 3.93. The third-order valence-electron chi connectivity index (χ3n) is 3.26. The molecule has 0 saturated carbocycles. The maximum atomic E-state index is 9.33. The van der Waals surface area contributed by atoms with Crippen molar-refractivity contribution in [2.75, 3.05) is 6.61 Å². The van der Waals surface area contributed by atoms with Crippen molar-refractivity contribution >= 4 is 0 Å². The van der Waals surface area contributed by atoms with Crippen LogP contribution in [0.1, 0.15) is 46.5 Å². The molecular formula is C12H22N2O. The summed E-state index contributed by atoms with van der Waals surface area (Å²) >= 11 is 0. The average molecular weight is 210 g/mol. The first-order chi connectivity index (χ1) is 7.15. The summed E-state index contributed by atoms with van der Waals surface area (Å²) in [5.74, 6) is 0. The van der Waals surface area contributed by atoms with Gasteiger partial charge in [0.15, 0.2) is 0 Å². The SMILES string of the molecule is CCC(C)NC1(C#N)CCOC(CC)C1. The quantitative estimate of drug-likeness (QED) is 0.774. The minimum atomic E-state index is -0.353. The normalized spacial score (nSPS) is 33.3. The fraction of sp³-hybridized carbons (Fsp3) is 0.917. The molecule has 1 aliphatic heterocycles. The molecule has 1 saturated heterocycles. The number of hydrogen-bond acceptors (Lipinski definition) is 3. The van der Waals surface area contributed by atoms with Crippen LogP contribution in [-0.4, -0.2) is 24.3 Å². The van der Waals surface area contributed by atoms with Crippen molar-refractivity contribution in [1.29, 1.82) is 5.26 Å². The first-order valence-corrected chi connectivity index (χ1v) is 5.96. The van der Waals surface area contributed by atoms with Crippen molar-refractivity contribution in [2.45, 2.75) is 64.1 Å². The summed E-state index contributed by atoms with van der Waals surface area (Å²) in [5, 5.41) is 12.8. The summed E-state index contributed by atoms with van der Waals surface area (Å²) in [7, 11) is 0. The molecule has 1 rings (SSSR count). The fourth-order valence-electron chi connectivity index (χ4n) is 2.05. The van der Waals surface area contributed by atoms with Gasteiger partial charge in [0, 0.05) is 25.5 Å². The smallest absolute Gasteiger partial charge is 0.111 e. The zero-order chi connectivity index (χ0) is 11.3. The van der Waals surface area contributed by atoms with Crippen LogP contribution in [0.15, 0.2) is 0 Å². The Kier molecular flexibility index (Phi) is 4.56. The van der Waals surface area contributed by atoms with Crippen LogP contribution in [0.25, 0.3) is 0 Å². The molecule has 3 heteroatoms. The van der Waals surface area contributed by atoms with Crippen LogP contribution >= 0.6 is 0 Å². The molecule has 1 N–H and O–H groups in total. The monoisotopic (exact) mass is 210 g/mol. The second-order valence-electron chi connectivity index (χ2n) is 4.50. The number of hydrogen-bond donors (Lipinski definition) is 1. The lowest BCUT2D eigenvalue weighted by Gasteiger charge is -2.38. The summed E-state index contributed by atoms with van der Waals surface area (Å²) < 4.78 is 5.61. The van der Waals surface area contributed by atoms with Crippen LogP contribution in [0.4, 0.5) is 0 Å². The molecule has 0 bridgehead atoms. The highest BCUT2D eigenvalue weighted by Gasteiger charge is 2.37. The summed E-state index contributed by atoms with van der Waals surface area (Å²) in [4.78, 5) is 0. The predicted octanol–water partition coefficient (Wildman–Crippen LogP) is 2.23. The number of ether oxygens (including phenoxy) is 1. The number of rotatable bonds is 4. The lowest BCUT2D eigenvalue weighted by Crippen LogP contribution is -2.53. The van der Waals surface area contributed by atoms with Gasteiger partial charge >= 0.3 is 0 Å². The van der Waals surface area contributed by atoms with Crippen LogP contribution < -0.4 is 5.32 Å². The Hall–Kier alpha value is -0.590. The predicted molar refractivity (Wildman–Crippen MR) is 60.5 cm³/mol. The van der Waals surface area contributed by atoms with E-state index in [1.807, 2.05) is 0 Å². The number of nitrogens with zero attached hydrogens (tertiary/aromatic N) is 1. The maximum Gasteiger partial charge on any atom is 0.111 e. The molecule has 3 unspecified atom stereocenters. The van der Waals surface area contributed by atoms with Crippen molar-refractivity contribution in [3.05, 3.63) is 0 Å². The van der Waals surface area contributed by atoms with Crippen LogP contribution in [0.2, 0.25) is 0 Å². The van der Waals surface area contributed by atoms with Crippen LogP contribution in [0.3, 0.4) is 0 Å². The van der Waals surface area contributed by atoms with Crippen molar-refractivity contribution in [3.63, 3.8) is 0 Å². The lowest BCUT2D eigenvalue weighted by atomic mass is 9.86. The number of nitrogens with one attached hydrogen (secondary N) is 1. The van der Waals surface area contributed by atoms with Gasteiger partial charge in [0.05, 0.1) is 12.2 Å². The largest absolute Gasteiger partial charge is 0.378 e. The van der Waals surface area contributed by atoms with E-state index in [2.05, 4.69) is 32.2 Å². The van der Waals surface area contributed by atoms with Gasteiger partial charge < -0.3 is 4.74 Å². The highest BCUT2D eigenvalue weighted by atomic mass is 16.5. The van der Waals surface area contributed by atoms with Gasteiger partial charge in [-0.15, -0.1) is 0 Å². The molecule has 1 heterocycles. The van der Waals surface area contributed by atoms with Crippen LogP contribution in [0, 0.1) is 11.3 Å². The van der Waals surface area contributed by atoms with E-state index in [9.17, 15) is 5.26 Å². The molecule has 1 fully saturated rings. The number of nitriles is 1. The molecule has 1 aliphatic rings. The second kappa shape index (κ2) is 5.48. The van der Waals surface area contributed by atoms with Crippen molar-refractivity contribution in [2.24, 2.45) is 0 Å². The summed E-state index contributed by atoms with van der Waals surface area (Å²) in [6, 6.07) is 2.86. The molecule has 3 atom stereocenters. The van der Waals surface area contributed by atoms with E-state index in [0.717, 1.165) is 25.7 Å². The van der Waals surface area contributed by atoms with Gasteiger partial charge in [-0.05, 0) is 19.8 Å². The standard InChI is InChI=1S/C12H22N2O/c1-4-10(3)14-12(9-13)6-7-15-11(5-2)8-12/h10-11,14H,4-8H2,1-3H3. The topological polar surface area (TPSA) is 45.0 Å². The summed E-state index contributed by atoms with van der Waals surface area (Å²) in [5.41, 5.74) is -0.353. The first-order valence-electron chi connectivity index (χ1n) is 5.96. The summed E-state index contributed by atoms with van der Waals surface area (Å²) in [6.45, 7) is 7.09. The molecule has 3 nitrogen and oxygen atoms in total. The third kappa shape index (κ3) is 3.19. The second-order valence-corrected chi connectivity index (χ2v) is 4.50. The average Bonchev–Trinajstić information content (AvgIpc) is 2.29. The van der Waals surface area contributed by atoms with E-state index in [0.29, 0.717) is 12.6 Å². The molecule has 15 heavy (non-hydrogen) atoms. The molecule has 0 aliphatic carbocycles. The molecule has 0 spiro atoms. The lowest BCUT2D eigenvalue weighted by molar-refractivity contribution is -0.0179. The van der Waals surface area contributed by atoms with Gasteiger partial charge in [0.25, 0.3) is 0 Å². The zero-order valence-corrected chi connectivity index (χ0v) is 10.0. The maximum absolute atomic E-state index is 9.33. The Bertz CT molecular complexity index is 232. The third-order valence-corrected chi connectivity index (χ3v) is 3.26. The van der Waals surface area contributed by atoms with Gasteiger partial charge in [-0.2, -0.15) is 5.26 Å². The van der Waals surface area contributed by atoms with E-state index >= 15 is 0 Å². The van der Waals surface area contributed by atoms with Crippen LogP contribution in [0.5, 0.6) is 0 Å². The Morgan fingerprint density at radius 2 is 2.33 bits per heavy atom. The van der Waals surface area contributed by atoms with Gasteiger partial charge in [0.1, 0.15) is 5.54 Å². The Labute approximate surface area is 92.8 Å². The van der Waals surface area contributed by atoms with E-state index in [-0.39, 0.29) is 11.6 Å². The zero-order valence-electron chi connectivity index (χ0n) is 10.0. The Morgan fingerprint density at radius 3 is 2.87 bits per heavy atom. The Balaban J connectivity index is 2.63. The van der Waals surface area contributed by atoms with Crippen molar-refractivity contribution in [1.82, 2.24) is 5.32 Å². The van der Waals surface area contributed by atoms with Gasteiger partial charge in [0.2, 0.25) is 0 Å². The molecule has 0 aromatic rings. The first kappa shape index (κ1) is 12.5. The van der Waals surface area contributed by atoms with E-state index in [4.69, 9.17) is 4.74 Å². The van der Waals surface area contributed by atoms with E-state index in [1.165, 1.54) is 0 Å². The van der Waals surface area contributed by atoms with Gasteiger partial charge in [-0.25, -0.2) is 0 Å². The highest BCUT2D eigenvalue weighted by Crippen LogP contribution is 2.26. The molecule has 0 radical (unpaired) electrons. The Morgan fingerprint density at radius 1 is 1.60 bits per heavy atom. The van der Waals surface area contributed by atoms with Crippen molar-refractivity contribution < 1.29 is 4.74 Å². The van der Waals surface area contributed by atoms with Crippen molar-refractivity contribution in [3.8, 4) is 6.07 Å². The molecule has 86 valence electrons. The van der Waals surface area contributed by atoms with E-state index in [1.54, 1.807) is 0 Å².